The quantitative estimate of drug-likeness (QED) is 0.179. The third kappa shape index (κ3) is 6.06. The maximum Gasteiger partial charge on any atom is 0.397 e. The van der Waals surface area contributed by atoms with Crippen molar-refractivity contribution in [2.45, 2.75) is 56.1 Å². The van der Waals surface area contributed by atoms with Gasteiger partial charge in [-0.2, -0.15) is 8.42 Å². The smallest absolute Gasteiger partial charge is 0.397 e. The molecule has 30 heavy (non-hydrogen) atoms. The number of aliphatic hydroxyl groups excluding tert-OH is 4. The number of rotatable bonds is 7. The molecule has 1 fully saturated rings. The van der Waals surface area contributed by atoms with E-state index in [-0.39, 0.29) is 0 Å². The summed E-state index contributed by atoms with van der Waals surface area (Å²) in [5, 5.41) is 51.7. The number of ether oxygens (including phenoxy) is 3. The number of amides is 1. The Morgan fingerprint density at radius 2 is 1.83 bits per heavy atom. The summed E-state index contributed by atoms with van der Waals surface area (Å²) in [4.78, 5) is 22.5. The van der Waals surface area contributed by atoms with Crippen LogP contribution in [0.1, 0.15) is 6.92 Å². The third-order valence-corrected chi connectivity index (χ3v) is 4.57. The third-order valence-electron chi connectivity index (χ3n) is 4.14. The minimum absolute atomic E-state index is 0.702. The molecule has 0 aliphatic carbocycles. The molecule has 2 aliphatic rings. The van der Waals surface area contributed by atoms with Gasteiger partial charge in [0.1, 0.15) is 36.6 Å². The highest BCUT2D eigenvalue weighted by Gasteiger charge is 2.49. The Hall–Kier alpha value is -1.89. The van der Waals surface area contributed by atoms with Crippen LogP contribution in [0, 0.1) is 0 Å². The van der Waals surface area contributed by atoms with Crippen molar-refractivity contribution in [2.24, 2.45) is 0 Å². The predicted molar refractivity (Wildman–Crippen MR) is 89.5 cm³/mol. The fraction of sp³-hybridized carbons (Fsp3) is 0.714. The zero-order chi connectivity index (χ0) is 22.8. The SMILES string of the molecule is CC(=O)NC1C(O)OC(COS(=O)(=O)O)C(O)C1OC1OC(C(=O)O)=CC(O)C1O. The van der Waals surface area contributed by atoms with E-state index < -0.39 is 83.8 Å². The van der Waals surface area contributed by atoms with E-state index in [1.165, 1.54) is 0 Å². The molecule has 15 nitrogen and oxygen atoms in total. The van der Waals surface area contributed by atoms with Gasteiger partial charge in [0.05, 0.1) is 6.61 Å². The van der Waals surface area contributed by atoms with E-state index in [1.54, 1.807) is 0 Å². The molecule has 172 valence electrons. The molecule has 2 rings (SSSR count). The molecule has 0 aromatic carbocycles. The minimum atomic E-state index is -4.93. The second-order valence-electron chi connectivity index (χ2n) is 6.40. The van der Waals surface area contributed by atoms with Crippen molar-refractivity contribution in [1.29, 1.82) is 0 Å². The van der Waals surface area contributed by atoms with E-state index in [4.69, 9.17) is 23.9 Å². The molecular weight excluding hydrogens is 438 g/mol. The average Bonchev–Trinajstić information content (AvgIpc) is 2.61. The number of carboxylic acids is 1. The van der Waals surface area contributed by atoms with Crippen LogP contribution in [0.2, 0.25) is 0 Å². The molecule has 0 radical (unpaired) electrons. The van der Waals surface area contributed by atoms with Gasteiger partial charge in [0.15, 0.2) is 6.29 Å². The van der Waals surface area contributed by atoms with E-state index in [2.05, 4.69) is 9.50 Å². The van der Waals surface area contributed by atoms with E-state index in [0.717, 1.165) is 6.92 Å². The second kappa shape index (κ2) is 9.50. The molecule has 0 aromatic rings. The summed E-state index contributed by atoms with van der Waals surface area (Å²) in [6, 6.07) is -1.49. The van der Waals surface area contributed by atoms with Gasteiger partial charge in [0.25, 0.3) is 0 Å². The lowest BCUT2D eigenvalue weighted by atomic mass is 9.96. The van der Waals surface area contributed by atoms with Gasteiger partial charge < -0.3 is 45.1 Å². The fourth-order valence-corrected chi connectivity index (χ4v) is 3.11. The molecular formula is C14H21NO14S. The summed E-state index contributed by atoms with van der Waals surface area (Å²) in [5.41, 5.74) is 0. The molecule has 0 bridgehead atoms. The molecule has 7 N–H and O–H groups in total. The monoisotopic (exact) mass is 459 g/mol. The van der Waals surface area contributed by atoms with E-state index in [1.807, 2.05) is 0 Å². The summed E-state index contributed by atoms with van der Waals surface area (Å²) in [6.07, 6.45) is -11.8. The van der Waals surface area contributed by atoms with Gasteiger partial charge >= 0.3 is 16.4 Å². The molecule has 8 atom stereocenters. The van der Waals surface area contributed by atoms with E-state index in [0.29, 0.717) is 6.08 Å². The van der Waals surface area contributed by atoms with Crippen molar-refractivity contribution in [2.75, 3.05) is 6.61 Å². The second-order valence-corrected chi connectivity index (χ2v) is 7.49. The standard InChI is InChI=1S/C14H21NO14S/c1-4(16)15-8-11(10(19)7(27-13(8)22)3-26-30(23,24)25)29-14-9(18)5(17)2-6(28-14)12(20)21/h2,5,7-11,13-14,17-19,22H,3H2,1H3,(H,15,16)(H,20,21)(H,23,24,25). The van der Waals surface area contributed by atoms with Crippen molar-refractivity contribution in [3.63, 3.8) is 0 Å². The Balaban J connectivity index is 2.26. The number of nitrogens with one attached hydrogen (secondary N) is 1. The Kier molecular flexibility index (Phi) is 7.72. The Bertz CT molecular complexity index is 784. The Morgan fingerprint density at radius 1 is 1.20 bits per heavy atom. The highest BCUT2D eigenvalue weighted by molar-refractivity contribution is 7.80. The normalized spacial score (nSPS) is 37.1. The molecule has 0 spiro atoms. The van der Waals surface area contributed by atoms with Gasteiger partial charge in [-0.05, 0) is 6.08 Å². The molecule has 16 heteroatoms. The van der Waals surface area contributed by atoms with Crippen LogP contribution >= 0.6 is 0 Å². The lowest BCUT2D eigenvalue weighted by Gasteiger charge is -2.44. The minimum Gasteiger partial charge on any atom is -0.475 e. The van der Waals surface area contributed by atoms with E-state index >= 15 is 0 Å². The van der Waals surface area contributed by atoms with Crippen molar-refractivity contribution in [1.82, 2.24) is 5.32 Å². The lowest BCUT2D eigenvalue weighted by molar-refractivity contribution is -0.301. The zero-order valence-corrected chi connectivity index (χ0v) is 16.1. The van der Waals surface area contributed by atoms with Crippen LogP contribution in [-0.2, 0) is 38.4 Å². The van der Waals surface area contributed by atoms with Crippen LogP contribution in [0.25, 0.3) is 0 Å². The van der Waals surface area contributed by atoms with Crippen LogP contribution in [0.4, 0.5) is 0 Å². The predicted octanol–water partition coefficient (Wildman–Crippen LogP) is -4.18. The van der Waals surface area contributed by atoms with Gasteiger partial charge in [0, 0.05) is 6.92 Å². The molecule has 8 unspecified atom stereocenters. The molecule has 0 aromatic heterocycles. The van der Waals surface area contributed by atoms with Crippen LogP contribution in [0.15, 0.2) is 11.8 Å². The van der Waals surface area contributed by atoms with Gasteiger partial charge in [-0.15, -0.1) is 0 Å². The largest absolute Gasteiger partial charge is 0.475 e. The summed E-state index contributed by atoms with van der Waals surface area (Å²) in [5.74, 6) is -3.07. The Labute approximate surface area is 169 Å². The first-order valence-electron chi connectivity index (χ1n) is 8.34. The number of hydrogen-bond donors (Lipinski definition) is 7. The number of hydrogen-bond acceptors (Lipinski definition) is 12. The zero-order valence-electron chi connectivity index (χ0n) is 15.3. The van der Waals surface area contributed by atoms with Gasteiger partial charge in [0.2, 0.25) is 18.0 Å². The first-order chi connectivity index (χ1) is 13.8. The fourth-order valence-electron chi connectivity index (χ4n) is 2.81. The Morgan fingerprint density at radius 3 is 2.37 bits per heavy atom. The van der Waals surface area contributed by atoms with Crippen LogP contribution in [0.5, 0.6) is 0 Å². The molecule has 2 aliphatic heterocycles. The number of aliphatic carboxylic acids is 1. The van der Waals surface area contributed by atoms with E-state index in [9.17, 15) is 38.4 Å². The lowest BCUT2D eigenvalue weighted by Crippen LogP contribution is -2.66. The summed E-state index contributed by atoms with van der Waals surface area (Å²) in [7, 11) is -4.93. The first kappa shape index (κ1) is 24.4. The summed E-state index contributed by atoms with van der Waals surface area (Å²) >= 11 is 0. The molecule has 2 heterocycles. The first-order valence-corrected chi connectivity index (χ1v) is 9.70. The van der Waals surface area contributed by atoms with Crippen molar-refractivity contribution in [3.8, 4) is 0 Å². The van der Waals surface area contributed by atoms with Crippen LogP contribution < -0.4 is 5.32 Å². The van der Waals surface area contributed by atoms with Gasteiger partial charge in [-0.25, -0.2) is 8.98 Å². The number of carboxylic acid groups (broad SMARTS) is 1. The van der Waals surface area contributed by atoms with Crippen molar-refractivity contribution >= 4 is 22.3 Å². The summed E-state index contributed by atoms with van der Waals surface area (Å²) < 4.78 is 49.5. The highest BCUT2D eigenvalue weighted by atomic mass is 32.3. The molecule has 1 amide bonds. The highest BCUT2D eigenvalue weighted by Crippen LogP contribution is 2.28. The van der Waals surface area contributed by atoms with Crippen molar-refractivity contribution in [3.05, 3.63) is 11.8 Å². The van der Waals surface area contributed by atoms with Crippen LogP contribution in [0.3, 0.4) is 0 Å². The van der Waals surface area contributed by atoms with Crippen LogP contribution in [-0.4, -0.2) is 106 Å². The maximum atomic E-state index is 11.4. The van der Waals surface area contributed by atoms with Gasteiger partial charge in [-0.3, -0.25) is 9.35 Å². The van der Waals surface area contributed by atoms with Crippen molar-refractivity contribution < 1.29 is 66.5 Å². The molecule has 0 saturated carbocycles. The number of carbonyl (C=O) groups is 2. The average molecular weight is 459 g/mol. The maximum absolute atomic E-state index is 11.4. The van der Waals surface area contributed by atoms with Gasteiger partial charge in [-0.1, -0.05) is 0 Å². The number of aliphatic hydroxyl groups is 4. The molecule has 1 saturated heterocycles. The topological polar surface area (TPSA) is 239 Å². The summed E-state index contributed by atoms with van der Waals surface area (Å²) in [6.45, 7) is 0.0887. The number of carbonyl (C=O) groups excluding carboxylic acids is 1.